The minimum absolute atomic E-state index is 0. The molecule has 0 saturated carbocycles. The summed E-state index contributed by atoms with van der Waals surface area (Å²) in [6, 6.07) is 53.5. The molecule has 1 aliphatic rings. The SMILES string of the molecule is C.C1CCOC1.CC(C)(C)c1cc[c-]cc1.CC(C)(C)c1ccc(-c2cnc3c4ccccc4c4ccccc4c3n2)cc1.[Li+].[O]=[Mn]=[O].c1ccc2c(c1)c1ccccc1c1nccnc21. The van der Waals surface area contributed by atoms with Crippen LogP contribution in [0.25, 0.3) is 76.4 Å². The summed E-state index contributed by atoms with van der Waals surface area (Å²) >= 11 is -1.44. The summed E-state index contributed by atoms with van der Waals surface area (Å²) in [5.41, 5.74) is 8.99. The van der Waals surface area contributed by atoms with E-state index in [1.165, 1.54) is 56.3 Å². The van der Waals surface area contributed by atoms with Crippen LogP contribution in [0.1, 0.15) is 72.9 Å². The second-order valence-corrected chi connectivity index (χ2v) is 17.8. The molecule has 7 nitrogen and oxygen atoms in total. The quantitative estimate of drug-likeness (QED) is 0.0920. The van der Waals surface area contributed by atoms with Gasteiger partial charge in [-0.2, -0.15) is 35.9 Å². The molecule has 3 heterocycles. The minimum atomic E-state index is -1.44. The third-order valence-corrected chi connectivity index (χ3v) is 11.2. The Labute approximate surface area is 407 Å². The third-order valence-electron chi connectivity index (χ3n) is 11.2. The van der Waals surface area contributed by atoms with E-state index < -0.39 is 14.8 Å². The number of nitrogens with zero attached hydrogens (tertiary/aromatic N) is 4. The molecule has 0 aliphatic carbocycles. The van der Waals surface area contributed by atoms with Gasteiger partial charge in [0.2, 0.25) is 0 Å². The van der Waals surface area contributed by atoms with Gasteiger partial charge in [0.15, 0.2) is 0 Å². The third kappa shape index (κ3) is 12.1. The van der Waals surface area contributed by atoms with Gasteiger partial charge in [-0.25, -0.2) is 4.98 Å². The normalized spacial score (nSPS) is 12.0. The van der Waals surface area contributed by atoms with E-state index in [2.05, 4.69) is 179 Å². The van der Waals surface area contributed by atoms with Crippen LogP contribution in [0.5, 0.6) is 0 Å². The molecular weight excluding hydrogens is 851 g/mol. The maximum absolute atomic E-state index is 8.41. The molecule has 11 rings (SSSR count). The molecule has 66 heavy (non-hydrogen) atoms. The number of fused-ring (bicyclic) bond motifs is 12. The van der Waals surface area contributed by atoms with E-state index in [-0.39, 0.29) is 37.1 Å². The second kappa shape index (κ2) is 23.6. The average Bonchev–Trinajstić information content (AvgIpc) is 3.93. The van der Waals surface area contributed by atoms with E-state index in [0.29, 0.717) is 0 Å². The monoisotopic (exact) mass is 907 g/mol. The molecule has 0 radical (unpaired) electrons. The van der Waals surface area contributed by atoms with Crippen molar-refractivity contribution < 1.29 is 46.1 Å². The van der Waals surface area contributed by atoms with Crippen LogP contribution in [0.15, 0.2) is 164 Å². The van der Waals surface area contributed by atoms with E-state index >= 15 is 0 Å². The largest absolute Gasteiger partial charge is 0.252 e. The summed E-state index contributed by atoms with van der Waals surface area (Å²) in [6.07, 6.45) is 7.96. The summed E-state index contributed by atoms with van der Waals surface area (Å²) in [5, 5.41) is 9.55. The van der Waals surface area contributed by atoms with Gasteiger partial charge in [0.1, 0.15) is 0 Å². The number of benzene rings is 8. The summed E-state index contributed by atoms with van der Waals surface area (Å²) < 4.78 is 21.8. The molecule has 2 aromatic heterocycles. The maximum atomic E-state index is 8.41. The molecule has 0 amide bonds. The molecule has 10 aromatic rings. The topological polar surface area (TPSA) is 94.9 Å². The molecule has 0 N–H and O–H groups in total. The number of rotatable bonds is 1. The van der Waals surface area contributed by atoms with Gasteiger partial charge in [-0.3, -0.25) is 15.0 Å². The van der Waals surface area contributed by atoms with Crippen molar-refractivity contribution in [3.05, 3.63) is 181 Å². The van der Waals surface area contributed by atoms with Crippen LogP contribution in [0.3, 0.4) is 0 Å². The molecule has 0 atom stereocenters. The van der Waals surface area contributed by atoms with Crippen LogP contribution in [-0.4, -0.2) is 33.1 Å². The van der Waals surface area contributed by atoms with Crippen molar-refractivity contribution >= 4 is 65.2 Å². The first kappa shape index (κ1) is 51.1. The standard InChI is InChI=1S/C26H22N2.C16H10N2.C10H13.C4H8O.CH4.Li.Mn.2O/c1-26(2,3)18-14-12-17(13-15-18)23-16-27-24-21-10-6-4-8-19(21)20-9-5-7-11-22(20)25(24)28-23;1-3-7-13-11(5-1)12-6-2-4-8-14(12)16-15(13)17-9-10-18-16;1-10(2,3)9-7-5-4-6-8-9;1-2-4-5-3-1;;;;;/h4-16H,1-3H3;1-10H;5-8H,1-3H3;1-4H2;1H4;;;;/q;;-1;;;+1;;;. The predicted molar refractivity (Wildman–Crippen MR) is 265 cm³/mol. The maximum Gasteiger partial charge on any atom is 0.0971 e. The summed E-state index contributed by atoms with van der Waals surface area (Å²) in [5.74, 6) is 0. The van der Waals surface area contributed by atoms with Gasteiger partial charge in [0.25, 0.3) is 0 Å². The Balaban J connectivity index is 0.000000183. The average molecular weight is 908 g/mol. The zero-order chi connectivity index (χ0) is 45.1. The summed E-state index contributed by atoms with van der Waals surface area (Å²) in [7, 11) is 0. The fourth-order valence-corrected chi connectivity index (χ4v) is 7.88. The molecule has 0 unspecified atom stereocenters. The molecule has 1 aliphatic heterocycles. The molecule has 0 bridgehead atoms. The smallest absolute Gasteiger partial charge is 0.0971 e. The Morgan fingerprint density at radius 1 is 0.485 bits per heavy atom. The van der Waals surface area contributed by atoms with Crippen molar-refractivity contribution in [1.82, 2.24) is 19.9 Å². The van der Waals surface area contributed by atoms with Crippen LogP contribution < -0.4 is 18.9 Å². The van der Waals surface area contributed by atoms with Gasteiger partial charge in [-0.1, -0.05) is 170 Å². The zero-order valence-electron chi connectivity index (χ0n) is 38.3. The Hall–Kier alpha value is -5.84. The molecular formula is C57H57LiMnN4O3. The van der Waals surface area contributed by atoms with Gasteiger partial charge < -0.3 is 4.74 Å². The van der Waals surface area contributed by atoms with Crippen LogP contribution in [0.4, 0.5) is 0 Å². The van der Waals surface area contributed by atoms with Crippen LogP contribution in [-0.2, 0) is 38.1 Å². The van der Waals surface area contributed by atoms with Gasteiger partial charge in [-0.05, 0) is 50.8 Å². The Kier molecular flexibility index (Phi) is 18.3. The number of ether oxygens (including phenoxy) is 1. The first-order valence-corrected chi connectivity index (χ1v) is 22.6. The Bertz CT molecular complexity index is 2930. The molecule has 1 fully saturated rings. The number of hydrogen-bond donors (Lipinski definition) is 0. The Morgan fingerprint density at radius 3 is 1.18 bits per heavy atom. The predicted octanol–water partition coefficient (Wildman–Crippen LogP) is 11.8. The molecule has 9 heteroatoms. The van der Waals surface area contributed by atoms with Crippen molar-refractivity contribution in [2.45, 2.75) is 72.6 Å². The first-order chi connectivity index (χ1) is 31.0. The fourth-order valence-electron chi connectivity index (χ4n) is 7.88. The van der Waals surface area contributed by atoms with Crippen molar-refractivity contribution in [2.75, 3.05) is 13.2 Å². The molecule has 1 saturated heterocycles. The van der Waals surface area contributed by atoms with E-state index in [0.717, 1.165) is 57.3 Å². The van der Waals surface area contributed by atoms with E-state index in [1.54, 1.807) is 12.4 Å². The first-order valence-electron chi connectivity index (χ1n) is 21.6. The second-order valence-electron chi connectivity index (χ2n) is 17.6. The van der Waals surface area contributed by atoms with E-state index in [1.807, 2.05) is 30.5 Å². The molecule has 0 spiro atoms. The minimum Gasteiger partial charge on any atom is -0.252 e. The summed E-state index contributed by atoms with van der Waals surface area (Å²) in [4.78, 5) is 18.9. The van der Waals surface area contributed by atoms with Crippen LogP contribution in [0, 0.1) is 6.07 Å². The fraction of sp³-hybridized carbons (Fsp3) is 0.228. The summed E-state index contributed by atoms with van der Waals surface area (Å²) in [6.45, 7) is 15.3. The van der Waals surface area contributed by atoms with Gasteiger partial charge >= 0.3 is 41.4 Å². The number of hydrogen-bond acceptors (Lipinski definition) is 7. The van der Waals surface area contributed by atoms with Gasteiger partial charge in [-0.15, -0.1) is 0 Å². The van der Waals surface area contributed by atoms with Gasteiger partial charge in [0.05, 0.1) is 34.0 Å². The van der Waals surface area contributed by atoms with Crippen molar-refractivity contribution in [3.8, 4) is 11.3 Å². The van der Waals surface area contributed by atoms with Crippen molar-refractivity contribution in [3.63, 3.8) is 0 Å². The molecule has 331 valence electrons. The van der Waals surface area contributed by atoms with Gasteiger partial charge in [0, 0.05) is 52.7 Å². The number of aromatic nitrogens is 4. The van der Waals surface area contributed by atoms with E-state index in [9.17, 15) is 0 Å². The van der Waals surface area contributed by atoms with Crippen LogP contribution >= 0.6 is 0 Å². The molecule has 8 aromatic carbocycles. The Morgan fingerprint density at radius 2 is 0.833 bits per heavy atom. The van der Waals surface area contributed by atoms with Crippen molar-refractivity contribution in [1.29, 1.82) is 0 Å². The van der Waals surface area contributed by atoms with Crippen LogP contribution in [0.2, 0.25) is 0 Å². The zero-order valence-corrected chi connectivity index (χ0v) is 39.5. The van der Waals surface area contributed by atoms with E-state index in [4.69, 9.17) is 22.4 Å². The van der Waals surface area contributed by atoms with Crippen molar-refractivity contribution in [2.24, 2.45) is 0 Å².